The lowest BCUT2D eigenvalue weighted by atomic mass is 9.89. The SMILES string of the molecule is CCCc1cc(CC(O)/C=C/C2CCC(=O)[C@@H]2CCCCCCC(=O)O)ccc1O. The molecule has 3 N–H and O–H groups in total. The van der Waals surface area contributed by atoms with Gasteiger partial charge < -0.3 is 15.3 Å². The van der Waals surface area contributed by atoms with Crippen molar-refractivity contribution in [3.8, 4) is 5.75 Å². The van der Waals surface area contributed by atoms with Gasteiger partial charge in [-0.3, -0.25) is 9.59 Å². The van der Waals surface area contributed by atoms with Crippen LogP contribution in [0.1, 0.15) is 75.8 Å². The number of allylic oxidation sites excluding steroid dienone is 1. The van der Waals surface area contributed by atoms with E-state index in [1.54, 1.807) is 6.07 Å². The van der Waals surface area contributed by atoms with Gasteiger partial charge in [0.15, 0.2) is 0 Å². The first-order chi connectivity index (χ1) is 14.4. The van der Waals surface area contributed by atoms with Crippen LogP contribution in [0.3, 0.4) is 0 Å². The minimum absolute atomic E-state index is 0.0257. The molecular weight excluding hydrogens is 380 g/mol. The summed E-state index contributed by atoms with van der Waals surface area (Å²) in [7, 11) is 0. The zero-order valence-electron chi connectivity index (χ0n) is 18.1. The van der Waals surface area contributed by atoms with Crippen LogP contribution in [0.5, 0.6) is 5.75 Å². The van der Waals surface area contributed by atoms with E-state index in [4.69, 9.17) is 5.11 Å². The summed E-state index contributed by atoms with van der Waals surface area (Å²) in [6.45, 7) is 2.07. The van der Waals surface area contributed by atoms with E-state index in [1.165, 1.54) is 0 Å². The van der Waals surface area contributed by atoms with Gasteiger partial charge in [0.1, 0.15) is 11.5 Å². The molecule has 1 aromatic carbocycles. The molecule has 5 heteroatoms. The third-order valence-electron chi connectivity index (χ3n) is 6.00. The van der Waals surface area contributed by atoms with Crippen LogP contribution in [0.4, 0.5) is 0 Å². The molecule has 3 atom stereocenters. The van der Waals surface area contributed by atoms with E-state index >= 15 is 0 Å². The van der Waals surface area contributed by atoms with Crippen molar-refractivity contribution in [2.45, 2.75) is 83.7 Å². The minimum atomic E-state index is -0.751. The third kappa shape index (κ3) is 7.94. The Hall–Kier alpha value is -2.14. The van der Waals surface area contributed by atoms with Crippen LogP contribution < -0.4 is 0 Å². The standard InChI is InChI=1S/C25H36O5/c1-2-7-20-16-18(10-14-23(20)27)17-21(26)13-11-19-12-15-24(28)22(19)8-5-3-4-6-9-25(29)30/h10-11,13-14,16,19,21-22,26-27H,2-9,12,15,17H2,1H3,(H,29,30)/b13-11+/t19?,21?,22-/m1/s1. The molecule has 2 unspecified atom stereocenters. The number of aryl methyl sites for hydroxylation is 1. The maximum absolute atomic E-state index is 12.3. The van der Waals surface area contributed by atoms with Crippen LogP contribution in [0.2, 0.25) is 0 Å². The van der Waals surface area contributed by atoms with Crippen molar-refractivity contribution < 1.29 is 24.9 Å². The number of Topliss-reactive ketones (excluding diaryl/α,β-unsaturated/α-hetero) is 1. The number of aromatic hydroxyl groups is 1. The molecule has 1 aliphatic carbocycles. The summed E-state index contributed by atoms with van der Waals surface area (Å²) in [6.07, 6.45) is 11.4. The summed E-state index contributed by atoms with van der Waals surface area (Å²) < 4.78 is 0. The van der Waals surface area contributed by atoms with Crippen LogP contribution in [-0.4, -0.2) is 33.2 Å². The number of aliphatic hydroxyl groups is 1. The molecule has 2 rings (SSSR count). The highest BCUT2D eigenvalue weighted by atomic mass is 16.4. The molecule has 0 amide bonds. The van der Waals surface area contributed by atoms with Gasteiger partial charge in [-0.05, 0) is 48.8 Å². The first kappa shape index (κ1) is 24.1. The Balaban J connectivity index is 1.82. The topological polar surface area (TPSA) is 94.8 Å². The summed E-state index contributed by atoms with van der Waals surface area (Å²) in [6, 6.07) is 5.50. The van der Waals surface area contributed by atoms with Crippen molar-refractivity contribution in [3.63, 3.8) is 0 Å². The average Bonchev–Trinajstić information content (AvgIpc) is 3.05. The normalized spacial score (nSPS) is 20.1. The molecule has 0 aliphatic heterocycles. The number of hydrogen-bond donors (Lipinski definition) is 3. The molecule has 1 fully saturated rings. The van der Waals surface area contributed by atoms with Crippen molar-refractivity contribution in [2.24, 2.45) is 11.8 Å². The molecule has 1 aromatic rings. The highest BCUT2D eigenvalue weighted by molar-refractivity contribution is 5.83. The maximum Gasteiger partial charge on any atom is 0.303 e. The van der Waals surface area contributed by atoms with Gasteiger partial charge in [0.05, 0.1) is 6.10 Å². The van der Waals surface area contributed by atoms with Gasteiger partial charge in [0, 0.05) is 25.2 Å². The van der Waals surface area contributed by atoms with E-state index in [0.717, 1.165) is 56.1 Å². The summed E-state index contributed by atoms with van der Waals surface area (Å²) in [5.74, 6) is 0.0753. The third-order valence-corrected chi connectivity index (χ3v) is 6.00. The van der Waals surface area contributed by atoms with Crippen molar-refractivity contribution in [3.05, 3.63) is 41.5 Å². The Morgan fingerprint density at radius 2 is 2.00 bits per heavy atom. The van der Waals surface area contributed by atoms with Gasteiger partial charge in [-0.15, -0.1) is 0 Å². The Morgan fingerprint density at radius 1 is 1.23 bits per heavy atom. The number of benzene rings is 1. The van der Waals surface area contributed by atoms with Gasteiger partial charge in [-0.2, -0.15) is 0 Å². The number of hydrogen-bond acceptors (Lipinski definition) is 4. The molecule has 1 aliphatic rings. The number of rotatable bonds is 13. The number of phenolic OH excluding ortho intramolecular Hbond substituents is 1. The van der Waals surface area contributed by atoms with Crippen LogP contribution in [0, 0.1) is 11.8 Å². The number of unbranched alkanes of at least 4 members (excludes halogenated alkanes) is 3. The van der Waals surface area contributed by atoms with E-state index in [1.807, 2.05) is 24.3 Å². The van der Waals surface area contributed by atoms with E-state index in [-0.39, 0.29) is 18.3 Å². The largest absolute Gasteiger partial charge is 0.508 e. The Labute approximate surface area is 179 Å². The van der Waals surface area contributed by atoms with Crippen LogP contribution in [-0.2, 0) is 22.4 Å². The van der Waals surface area contributed by atoms with E-state index in [0.29, 0.717) is 30.8 Å². The first-order valence-electron chi connectivity index (χ1n) is 11.3. The predicted octanol–water partition coefficient (Wildman–Crippen LogP) is 4.82. The molecule has 0 radical (unpaired) electrons. The summed E-state index contributed by atoms with van der Waals surface area (Å²) in [4.78, 5) is 22.8. The molecule has 0 heterocycles. The number of phenols is 1. The van der Waals surface area contributed by atoms with Crippen molar-refractivity contribution in [1.82, 2.24) is 0 Å². The number of carbonyl (C=O) groups is 2. The quantitative estimate of drug-likeness (QED) is 0.316. The lowest BCUT2D eigenvalue weighted by Gasteiger charge is -2.16. The van der Waals surface area contributed by atoms with Crippen LogP contribution in [0.25, 0.3) is 0 Å². The van der Waals surface area contributed by atoms with Crippen LogP contribution >= 0.6 is 0 Å². The van der Waals surface area contributed by atoms with Gasteiger partial charge in [0.25, 0.3) is 0 Å². The number of carbonyl (C=O) groups excluding carboxylic acids is 1. The monoisotopic (exact) mass is 416 g/mol. The highest BCUT2D eigenvalue weighted by Crippen LogP contribution is 2.34. The number of aliphatic hydroxyl groups excluding tert-OH is 1. The predicted molar refractivity (Wildman–Crippen MR) is 118 cm³/mol. The Bertz CT molecular complexity index is 724. The molecule has 30 heavy (non-hydrogen) atoms. The van der Waals surface area contributed by atoms with E-state index in [2.05, 4.69) is 6.92 Å². The summed E-state index contributed by atoms with van der Waals surface area (Å²) >= 11 is 0. The first-order valence-corrected chi connectivity index (χ1v) is 11.3. The summed E-state index contributed by atoms with van der Waals surface area (Å²) in [5, 5.41) is 29.0. The van der Waals surface area contributed by atoms with Crippen molar-refractivity contribution >= 4 is 11.8 Å². The van der Waals surface area contributed by atoms with Crippen LogP contribution in [0.15, 0.2) is 30.4 Å². The average molecular weight is 417 g/mol. The number of ketones is 1. The van der Waals surface area contributed by atoms with Gasteiger partial charge in [-0.1, -0.05) is 56.9 Å². The number of carboxylic acid groups (broad SMARTS) is 1. The second-order valence-electron chi connectivity index (χ2n) is 8.49. The maximum atomic E-state index is 12.3. The molecule has 0 aromatic heterocycles. The fraction of sp³-hybridized carbons (Fsp3) is 0.600. The smallest absolute Gasteiger partial charge is 0.303 e. The Morgan fingerprint density at radius 3 is 2.73 bits per heavy atom. The molecule has 0 bridgehead atoms. The molecule has 1 saturated carbocycles. The lowest BCUT2D eigenvalue weighted by molar-refractivity contribution is -0.137. The molecule has 0 spiro atoms. The van der Waals surface area contributed by atoms with Gasteiger partial charge >= 0.3 is 5.97 Å². The zero-order valence-corrected chi connectivity index (χ0v) is 18.1. The van der Waals surface area contributed by atoms with E-state index in [9.17, 15) is 19.8 Å². The van der Waals surface area contributed by atoms with E-state index < -0.39 is 12.1 Å². The minimum Gasteiger partial charge on any atom is -0.508 e. The molecule has 0 saturated heterocycles. The zero-order chi connectivity index (χ0) is 21.9. The fourth-order valence-corrected chi connectivity index (χ4v) is 4.35. The highest BCUT2D eigenvalue weighted by Gasteiger charge is 2.32. The number of aliphatic carboxylic acids is 1. The molecule has 166 valence electrons. The second-order valence-corrected chi connectivity index (χ2v) is 8.49. The number of carboxylic acids is 1. The molecular formula is C25H36O5. The second kappa shape index (κ2) is 12.5. The van der Waals surface area contributed by atoms with Crippen molar-refractivity contribution in [2.75, 3.05) is 0 Å². The lowest BCUT2D eigenvalue weighted by Crippen LogP contribution is -2.14. The fourth-order valence-electron chi connectivity index (χ4n) is 4.35. The Kier molecular flexibility index (Phi) is 10.1. The van der Waals surface area contributed by atoms with Crippen molar-refractivity contribution in [1.29, 1.82) is 0 Å². The summed E-state index contributed by atoms with van der Waals surface area (Å²) in [5.41, 5.74) is 1.91. The van der Waals surface area contributed by atoms with Gasteiger partial charge in [0.2, 0.25) is 0 Å². The molecule has 5 nitrogen and oxygen atoms in total. The van der Waals surface area contributed by atoms with Gasteiger partial charge in [-0.25, -0.2) is 0 Å².